The molecule has 0 radical (unpaired) electrons. The molecule has 82 valence electrons. The Morgan fingerprint density at radius 1 is 1.40 bits per heavy atom. The second-order valence-electron chi connectivity index (χ2n) is 4.70. The van der Waals surface area contributed by atoms with Gasteiger partial charge in [0.25, 0.3) is 0 Å². The highest BCUT2D eigenvalue weighted by molar-refractivity contribution is 5.90. The molecule has 0 spiro atoms. The zero-order chi connectivity index (χ0) is 11.6. The number of anilines is 1. The molecule has 0 aliphatic carbocycles. The van der Waals surface area contributed by atoms with Crippen LogP contribution in [0.3, 0.4) is 0 Å². The number of rotatable bonds is 1. The van der Waals surface area contributed by atoms with Gasteiger partial charge in [0.1, 0.15) is 5.82 Å². The molecule has 0 bridgehead atoms. The van der Waals surface area contributed by atoms with E-state index in [1.54, 1.807) is 25.1 Å². The third-order valence-electron chi connectivity index (χ3n) is 2.38. The quantitative estimate of drug-likeness (QED) is 0.706. The number of carbonyl (C=O) groups is 1. The summed E-state index contributed by atoms with van der Waals surface area (Å²) in [5.74, 6) is 0.747. The van der Waals surface area contributed by atoms with E-state index in [9.17, 15) is 4.79 Å². The molecule has 1 aromatic heterocycles. The molecule has 0 unspecified atom stereocenters. The smallest absolute Gasteiger partial charge is 0.224 e. The Balaban J connectivity index is 3.24. The first-order valence-corrected chi connectivity index (χ1v) is 5.04. The van der Waals surface area contributed by atoms with Crippen LogP contribution in [0.4, 0.5) is 5.82 Å². The molecule has 0 aliphatic rings. The second kappa shape index (κ2) is 4.01. The van der Waals surface area contributed by atoms with Crippen molar-refractivity contribution >= 4 is 11.7 Å². The van der Waals surface area contributed by atoms with Crippen molar-refractivity contribution < 1.29 is 4.79 Å². The van der Waals surface area contributed by atoms with Crippen LogP contribution in [0.15, 0.2) is 18.3 Å². The fraction of sp³-hybridized carbons (Fsp3) is 0.500. The average molecular weight is 206 g/mol. The normalized spacial score (nSPS) is 11.3. The summed E-state index contributed by atoms with van der Waals surface area (Å²) >= 11 is 0. The van der Waals surface area contributed by atoms with E-state index in [1.165, 1.54) is 0 Å². The zero-order valence-electron chi connectivity index (χ0n) is 10.0. The maximum atomic E-state index is 11.3. The van der Waals surface area contributed by atoms with Crippen LogP contribution in [0.1, 0.15) is 33.3 Å². The van der Waals surface area contributed by atoms with Crippen molar-refractivity contribution in [2.75, 3.05) is 11.9 Å². The van der Waals surface area contributed by atoms with E-state index < -0.39 is 0 Å². The molecule has 0 atom stereocenters. The predicted octanol–water partition coefficient (Wildman–Crippen LogP) is 2.36. The Bertz CT molecular complexity index is 366. The maximum absolute atomic E-state index is 11.3. The van der Waals surface area contributed by atoms with Gasteiger partial charge in [-0.1, -0.05) is 26.8 Å². The van der Waals surface area contributed by atoms with Gasteiger partial charge in [-0.15, -0.1) is 0 Å². The van der Waals surface area contributed by atoms with Crippen molar-refractivity contribution in [1.82, 2.24) is 4.98 Å². The van der Waals surface area contributed by atoms with Crippen molar-refractivity contribution in [2.24, 2.45) is 0 Å². The fourth-order valence-corrected chi connectivity index (χ4v) is 1.40. The van der Waals surface area contributed by atoms with Crippen LogP contribution in [0, 0.1) is 0 Å². The number of nitrogens with zero attached hydrogens (tertiary/aromatic N) is 2. The number of aromatic nitrogens is 1. The molecule has 1 aromatic rings. The van der Waals surface area contributed by atoms with Crippen LogP contribution in [0.2, 0.25) is 0 Å². The molecule has 3 heteroatoms. The van der Waals surface area contributed by atoms with Crippen LogP contribution in [-0.2, 0) is 10.2 Å². The molecular weight excluding hydrogens is 188 g/mol. The average Bonchev–Trinajstić information content (AvgIpc) is 2.15. The van der Waals surface area contributed by atoms with Crippen molar-refractivity contribution in [3.63, 3.8) is 0 Å². The van der Waals surface area contributed by atoms with Gasteiger partial charge >= 0.3 is 0 Å². The van der Waals surface area contributed by atoms with Gasteiger partial charge < -0.3 is 0 Å². The Morgan fingerprint density at radius 3 is 2.47 bits per heavy atom. The summed E-state index contributed by atoms with van der Waals surface area (Å²) in [5, 5.41) is 0. The SMILES string of the molecule is CC(=O)N(C)c1ncccc1C(C)(C)C. The van der Waals surface area contributed by atoms with E-state index in [2.05, 4.69) is 25.8 Å². The van der Waals surface area contributed by atoms with E-state index in [-0.39, 0.29) is 11.3 Å². The van der Waals surface area contributed by atoms with Gasteiger partial charge in [0, 0.05) is 25.7 Å². The summed E-state index contributed by atoms with van der Waals surface area (Å²) in [6.07, 6.45) is 1.71. The molecule has 0 saturated heterocycles. The second-order valence-corrected chi connectivity index (χ2v) is 4.70. The Kier molecular flexibility index (Phi) is 3.12. The van der Waals surface area contributed by atoms with E-state index in [4.69, 9.17) is 0 Å². The molecule has 1 rings (SSSR count). The topological polar surface area (TPSA) is 33.2 Å². The van der Waals surface area contributed by atoms with Gasteiger partial charge in [0.15, 0.2) is 0 Å². The number of hydrogen-bond donors (Lipinski definition) is 0. The number of pyridine rings is 1. The molecule has 0 fully saturated rings. The summed E-state index contributed by atoms with van der Waals surface area (Å²) < 4.78 is 0. The summed E-state index contributed by atoms with van der Waals surface area (Å²) in [4.78, 5) is 17.2. The van der Waals surface area contributed by atoms with Gasteiger partial charge in [0.05, 0.1) is 0 Å². The maximum Gasteiger partial charge on any atom is 0.224 e. The first kappa shape index (κ1) is 11.7. The lowest BCUT2D eigenvalue weighted by atomic mass is 9.87. The first-order chi connectivity index (χ1) is 6.84. The molecule has 0 aliphatic heterocycles. The predicted molar refractivity (Wildman–Crippen MR) is 62.0 cm³/mol. The van der Waals surface area contributed by atoms with E-state index in [1.807, 2.05) is 12.1 Å². The number of amides is 1. The minimum absolute atomic E-state index is 0.000741. The molecule has 3 nitrogen and oxygen atoms in total. The highest BCUT2D eigenvalue weighted by atomic mass is 16.2. The van der Waals surface area contributed by atoms with Gasteiger partial charge in [-0.3, -0.25) is 9.69 Å². The summed E-state index contributed by atoms with van der Waals surface area (Å²) in [7, 11) is 1.75. The zero-order valence-corrected chi connectivity index (χ0v) is 10.0. The van der Waals surface area contributed by atoms with Crippen molar-refractivity contribution in [2.45, 2.75) is 33.1 Å². The number of hydrogen-bond acceptors (Lipinski definition) is 2. The van der Waals surface area contributed by atoms with E-state index >= 15 is 0 Å². The molecule has 15 heavy (non-hydrogen) atoms. The first-order valence-electron chi connectivity index (χ1n) is 5.04. The lowest BCUT2D eigenvalue weighted by Gasteiger charge is -2.25. The number of carbonyl (C=O) groups excluding carboxylic acids is 1. The third-order valence-corrected chi connectivity index (χ3v) is 2.38. The Morgan fingerprint density at radius 2 is 2.00 bits per heavy atom. The monoisotopic (exact) mass is 206 g/mol. The van der Waals surface area contributed by atoms with Gasteiger partial charge in [-0.05, 0) is 11.5 Å². The fourth-order valence-electron chi connectivity index (χ4n) is 1.40. The van der Waals surface area contributed by atoms with Crippen molar-refractivity contribution in [3.8, 4) is 0 Å². The standard InChI is InChI=1S/C12H18N2O/c1-9(15)14(5)11-10(12(2,3)4)7-6-8-13-11/h6-8H,1-5H3. The van der Waals surface area contributed by atoms with Gasteiger partial charge in [-0.25, -0.2) is 4.98 Å². The van der Waals surface area contributed by atoms with Gasteiger partial charge in [-0.2, -0.15) is 0 Å². The minimum atomic E-state index is -0.00664. The van der Waals surface area contributed by atoms with Crippen LogP contribution < -0.4 is 4.90 Å². The molecule has 0 aromatic carbocycles. The van der Waals surface area contributed by atoms with E-state index in [0.717, 1.165) is 11.4 Å². The van der Waals surface area contributed by atoms with Crippen LogP contribution in [-0.4, -0.2) is 17.9 Å². The summed E-state index contributed by atoms with van der Waals surface area (Å²) in [6, 6.07) is 3.92. The van der Waals surface area contributed by atoms with Crippen molar-refractivity contribution in [1.29, 1.82) is 0 Å². The molecule has 0 N–H and O–H groups in total. The van der Waals surface area contributed by atoms with Gasteiger partial charge in [0.2, 0.25) is 5.91 Å². The Labute approximate surface area is 91.1 Å². The Hall–Kier alpha value is -1.38. The highest BCUT2D eigenvalue weighted by Gasteiger charge is 2.21. The largest absolute Gasteiger partial charge is 0.300 e. The van der Waals surface area contributed by atoms with Crippen LogP contribution in [0.25, 0.3) is 0 Å². The lowest BCUT2D eigenvalue weighted by Crippen LogP contribution is -2.27. The highest BCUT2D eigenvalue weighted by Crippen LogP contribution is 2.29. The lowest BCUT2D eigenvalue weighted by molar-refractivity contribution is -0.116. The minimum Gasteiger partial charge on any atom is -0.300 e. The van der Waals surface area contributed by atoms with Crippen LogP contribution >= 0.6 is 0 Å². The summed E-state index contributed by atoms with van der Waals surface area (Å²) in [6.45, 7) is 7.88. The summed E-state index contributed by atoms with van der Waals surface area (Å²) in [5.41, 5.74) is 1.08. The molecule has 1 amide bonds. The van der Waals surface area contributed by atoms with E-state index in [0.29, 0.717) is 0 Å². The van der Waals surface area contributed by atoms with Crippen LogP contribution in [0.5, 0.6) is 0 Å². The molecule has 0 saturated carbocycles. The molecular formula is C12H18N2O. The third kappa shape index (κ3) is 2.55. The van der Waals surface area contributed by atoms with Crippen molar-refractivity contribution in [3.05, 3.63) is 23.9 Å². The molecule has 1 heterocycles.